The lowest BCUT2D eigenvalue weighted by Gasteiger charge is -2.36. The summed E-state index contributed by atoms with van der Waals surface area (Å²) in [5.74, 6) is 0.972. The van der Waals surface area contributed by atoms with Crippen LogP contribution in [-0.2, 0) is 34.0 Å². The Kier molecular flexibility index (Phi) is 9.99. The van der Waals surface area contributed by atoms with E-state index in [2.05, 4.69) is 62.2 Å². The zero-order valence-corrected chi connectivity index (χ0v) is 28.2. The number of rotatable bonds is 11. The summed E-state index contributed by atoms with van der Waals surface area (Å²) < 4.78 is 37.6. The molecule has 0 atom stereocenters. The molecule has 0 radical (unpaired) electrons. The largest absolute Gasteiger partial charge is 0.411 e. The van der Waals surface area contributed by atoms with Crippen LogP contribution < -0.4 is 4.72 Å². The molecule has 39 heavy (non-hydrogen) atoms. The van der Waals surface area contributed by atoms with Crippen LogP contribution in [0.25, 0.3) is 10.4 Å². The van der Waals surface area contributed by atoms with E-state index in [0.29, 0.717) is 23.2 Å². The molecule has 2 aromatic heterocycles. The quantitative estimate of drug-likeness (QED) is 0.222. The average molecular weight is 610 g/mol. The van der Waals surface area contributed by atoms with E-state index in [-0.39, 0.29) is 5.04 Å². The Labute approximate surface area is 245 Å². The van der Waals surface area contributed by atoms with Gasteiger partial charge in [-0.1, -0.05) is 70.0 Å². The number of nitrogens with zero attached hydrogens (tertiary/aromatic N) is 2. The molecule has 0 amide bonds. The summed E-state index contributed by atoms with van der Waals surface area (Å²) in [6.45, 7) is 19.9. The number of hydrogen-bond acceptors (Lipinski definition) is 5. The predicted octanol–water partition coefficient (Wildman–Crippen LogP) is 8.25. The standard InChI is InChI=1S/C29H44ClN3O3S2Si/c1-10-11-12-25-31-27(30)23(20-36-39(8,9)29(5,6)7)33(25)19-21-13-15-22(16-14-21)26-24(17-18-37-26)38(34,35)32-28(2,3)4/h13-18,32H,10-12,19-20H2,1-9H3. The molecule has 1 N–H and O–H groups in total. The van der Waals surface area contributed by atoms with Crippen LogP contribution in [0.3, 0.4) is 0 Å². The Hall–Kier alpha value is -1.49. The topological polar surface area (TPSA) is 73.2 Å². The molecule has 0 aliphatic carbocycles. The van der Waals surface area contributed by atoms with Gasteiger partial charge >= 0.3 is 0 Å². The molecule has 0 fully saturated rings. The smallest absolute Gasteiger partial charge is 0.242 e. The van der Waals surface area contributed by atoms with Crippen LogP contribution in [0.4, 0.5) is 0 Å². The van der Waals surface area contributed by atoms with Crippen LogP contribution >= 0.6 is 22.9 Å². The first-order chi connectivity index (χ1) is 17.9. The summed E-state index contributed by atoms with van der Waals surface area (Å²) in [5.41, 5.74) is 2.32. The first-order valence-corrected chi connectivity index (χ1v) is 19.2. The molecule has 2 heterocycles. The molecule has 0 aliphatic heterocycles. The van der Waals surface area contributed by atoms with Crippen molar-refractivity contribution < 1.29 is 12.8 Å². The molecule has 0 spiro atoms. The average Bonchev–Trinajstić information content (AvgIpc) is 3.40. The van der Waals surface area contributed by atoms with Gasteiger partial charge < -0.3 is 8.99 Å². The summed E-state index contributed by atoms with van der Waals surface area (Å²) in [6, 6.07) is 9.77. The number of aromatic nitrogens is 2. The molecule has 0 bridgehead atoms. The van der Waals surface area contributed by atoms with Crippen molar-refractivity contribution >= 4 is 41.3 Å². The van der Waals surface area contributed by atoms with Crippen molar-refractivity contribution in [2.45, 2.75) is 109 Å². The second-order valence-electron chi connectivity index (χ2n) is 12.7. The SMILES string of the molecule is CCCCc1nc(Cl)c(CO[Si](C)(C)C(C)(C)C)n1Cc1ccc(-c2sccc2S(=O)(=O)NC(C)(C)C)cc1. The molecule has 0 saturated carbocycles. The maximum absolute atomic E-state index is 13.0. The van der Waals surface area contributed by atoms with Crippen LogP contribution in [0.2, 0.25) is 23.3 Å². The molecule has 0 aliphatic rings. The molecule has 6 nitrogen and oxygen atoms in total. The van der Waals surface area contributed by atoms with Crippen molar-refractivity contribution in [1.29, 1.82) is 0 Å². The second-order valence-corrected chi connectivity index (χ2v) is 20.4. The highest BCUT2D eigenvalue weighted by Crippen LogP contribution is 2.38. The van der Waals surface area contributed by atoms with Gasteiger partial charge in [0.25, 0.3) is 0 Å². The predicted molar refractivity (Wildman–Crippen MR) is 167 cm³/mol. The van der Waals surface area contributed by atoms with Crippen LogP contribution in [0.5, 0.6) is 0 Å². The highest BCUT2D eigenvalue weighted by molar-refractivity contribution is 7.89. The fourth-order valence-electron chi connectivity index (χ4n) is 3.94. The maximum Gasteiger partial charge on any atom is 0.242 e. The summed E-state index contributed by atoms with van der Waals surface area (Å²) in [7, 11) is -5.60. The Morgan fingerprint density at radius 2 is 1.72 bits per heavy atom. The van der Waals surface area contributed by atoms with E-state index in [1.807, 2.05) is 38.3 Å². The van der Waals surface area contributed by atoms with Crippen LogP contribution in [-0.4, -0.2) is 31.8 Å². The lowest BCUT2D eigenvalue weighted by Crippen LogP contribution is -2.40. The first kappa shape index (κ1) is 32.0. The zero-order chi connectivity index (χ0) is 29.2. The van der Waals surface area contributed by atoms with E-state index in [1.165, 1.54) is 11.3 Å². The molecule has 0 unspecified atom stereocenters. The molecule has 0 saturated heterocycles. The Morgan fingerprint density at radius 3 is 2.28 bits per heavy atom. The second kappa shape index (κ2) is 12.2. The number of aryl methyl sites for hydroxylation is 1. The van der Waals surface area contributed by atoms with Gasteiger partial charge in [-0.3, -0.25) is 0 Å². The van der Waals surface area contributed by atoms with Crippen molar-refractivity contribution in [2.75, 3.05) is 0 Å². The van der Waals surface area contributed by atoms with Gasteiger partial charge in [0.15, 0.2) is 13.5 Å². The van der Waals surface area contributed by atoms with Gasteiger partial charge in [-0.2, -0.15) is 0 Å². The normalized spacial score (nSPS) is 13.3. The van der Waals surface area contributed by atoms with Crippen molar-refractivity contribution in [1.82, 2.24) is 14.3 Å². The van der Waals surface area contributed by atoms with Gasteiger partial charge in [0.1, 0.15) is 10.7 Å². The van der Waals surface area contributed by atoms with E-state index < -0.39 is 23.9 Å². The van der Waals surface area contributed by atoms with Gasteiger partial charge in [0.05, 0.1) is 17.2 Å². The number of halogens is 1. The molecule has 1 aromatic carbocycles. The third-order valence-corrected chi connectivity index (χ3v) is 14.8. The lowest BCUT2D eigenvalue weighted by atomic mass is 10.1. The summed E-state index contributed by atoms with van der Waals surface area (Å²) in [4.78, 5) is 5.77. The van der Waals surface area contributed by atoms with Gasteiger partial charge in [0, 0.05) is 18.5 Å². The number of imidazole rings is 1. The minimum atomic E-state index is -3.64. The summed E-state index contributed by atoms with van der Waals surface area (Å²) in [6.07, 6.45) is 2.96. The molecular formula is C29H44ClN3O3S2Si. The van der Waals surface area contributed by atoms with E-state index in [9.17, 15) is 8.42 Å². The number of nitrogens with one attached hydrogen (secondary N) is 1. The molecule has 216 valence electrons. The van der Waals surface area contributed by atoms with Crippen molar-refractivity contribution in [3.63, 3.8) is 0 Å². The minimum Gasteiger partial charge on any atom is -0.411 e. The van der Waals surface area contributed by atoms with Gasteiger partial charge in [-0.15, -0.1) is 11.3 Å². The van der Waals surface area contributed by atoms with Gasteiger partial charge in [-0.25, -0.2) is 18.1 Å². The third-order valence-electron chi connectivity index (χ3n) is 7.15. The Morgan fingerprint density at radius 1 is 1.08 bits per heavy atom. The van der Waals surface area contributed by atoms with Crippen molar-refractivity contribution in [3.05, 3.63) is 57.9 Å². The summed E-state index contributed by atoms with van der Waals surface area (Å²) >= 11 is 8.11. The van der Waals surface area contributed by atoms with E-state index in [4.69, 9.17) is 21.0 Å². The zero-order valence-electron chi connectivity index (χ0n) is 24.8. The number of sulfonamides is 1. The fourth-order valence-corrected chi connectivity index (χ4v) is 8.01. The molecule has 3 aromatic rings. The molecule has 10 heteroatoms. The van der Waals surface area contributed by atoms with Crippen molar-refractivity contribution in [2.24, 2.45) is 0 Å². The maximum atomic E-state index is 13.0. The van der Waals surface area contributed by atoms with Crippen molar-refractivity contribution in [3.8, 4) is 10.4 Å². The van der Waals surface area contributed by atoms with E-state index in [0.717, 1.165) is 46.8 Å². The highest BCUT2D eigenvalue weighted by Gasteiger charge is 2.37. The molecule has 3 rings (SSSR count). The minimum absolute atomic E-state index is 0.0989. The number of thiophene rings is 1. The number of unbranched alkanes of at least 4 members (excludes halogenated alkanes) is 1. The van der Waals surface area contributed by atoms with Gasteiger partial charge in [0.2, 0.25) is 10.0 Å². The van der Waals surface area contributed by atoms with E-state index in [1.54, 1.807) is 6.07 Å². The molecular weight excluding hydrogens is 566 g/mol. The van der Waals surface area contributed by atoms with Gasteiger partial charge in [-0.05, 0) is 67.9 Å². The Bertz CT molecular complexity index is 1370. The first-order valence-electron chi connectivity index (χ1n) is 13.5. The van der Waals surface area contributed by atoms with Crippen LogP contribution in [0.15, 0.2) is 40.6 Å². The lowest BCUT2D eigenvalue weighted by molar-refractivity contribution is 0.267. The van der Waals surface area contributed by atoms with Crippen LogP contribution in [0, 0.1) is 0 Å². The third kappa shape index (κ3) is 8.05. The summed E-state index contributed by atoms with van der Waals surface area (Å²) in [5, 5.41) is 2.43. The highest BCUT2D eigenvalue weighted by atomic mass is 35.5. The Balaban J connectivity index is 1.90. The van der Waals surface area contributed by atoms with Crippen LogP contribution in [0.1, 0.15) is 78.4 Å². The number of benzene rings is 1. The fraction of sp³-hybridized carbons (Fsp3) is 0.552. The monoisotopic (exact) mass is 609 g/mol. The van der Waals surface area contributed by atoms with E-state index >= 15 is 0 Å². The number of hydrogen-bond donors (Lipinski definition) is 1.